The second-order valence-electron chi connectivity index (χ2n) is 6.85. The van der Waals surface area contributed by atoms with Crippen LogP contribution < -0.4 is 14.8 Å². The van der Waals surface area contributed by atoms with E-state index in [1.807, 2.05) is 0 Å². The molecule has 1 atom stereocenters. The van der Waals surface area contributed by atoms with E-state index >= 15 is 0 Å². The molecular weight excluding hydrogens is 365 g/mol. The van der Waals surface area contributed by atoms with Crippen molar-refractivity contribution in [1.29, 1.82) is 0 Å². The molecule has 2 rings (SSSR count). The van der Waals surface area contributed by atoms with Crippen molar-refractivity contribution in [3.05, 3.63) is 59.4 Å². The minimum absolute atomic E-state index is 0.115. The highest BCUT2D eigenvalue weighted by atomic mass is 19.1. The molecule has 28 heavy (non-hydrogen) atoms. The van der Waals surface area contributed by atoms with Crippen molar-refractivity contribution in [3.63, 3.8) is 0 Å². The molecule has 0 saturated heterocycles. The molecule has 2 N–H and O–H groups in total. The number of hydrogen-bond donors (Lipinski definition) is 2. The molecule has 0 bridgehead atoms. The molecule has 0 aliphatic rings. The van der Waals surface area contributed by atoms with Crippen LogP contribution >= 0.6 is 0 Å². The fourth-order valence-electron chi connectivity index (χ4n) is 2.81. The van der Waals surface area contributed by atoms with E-state index in [4.69, 9.17) is 9.47 Å². The Morgan fingerprint density at radius 3 is 2.21 bits per heavy atom. The number of carbonyl (C=O) groups excluding carboxylic acids is 1. The molecule has 1 unspecified atom stereocenters. The Balaban J connectivity index is 2.17. The highest BCUT2D eigenvalue weighted by Gasteiger charge is 2.32. The fourth-order valence-corrected chi connectivity index (χ4v) is 2.81. The van der Waals surface area contributed by atoms with E-state index in [1.165, 1.54) is 38.5 Å². The largest absolute Gasteiger partial charge is 0.493 e. The van der Waals surface area contributed by atoms with E-state index in [0.717, 1.165) is 0 Å². The maximum atomic E-state index is 13.1. The molecule has 6 nitrogen and oxygen atoms in total. The average molecular weight is 389 g/mol. The number of carboxylic acids is 1. The lowest BCUT2D eigenvalue weighted by Crippen LogP contribution is -2.42. The zero-order valence-corrected chi connectivity index (χ0v) is 16.3. The van der Waals surface area contributed by atoms with Gasteiger partial charge >= 0.3 is 5.97 Å². The Labute approximate surface area is 163 Å². The van der Waals surface area contributed by atoms with Gasteiger partial charge < -0.3 is 19.9 Å². The highest BCUT2D eigenvalue weighted by molar-refractivity contribution is 5.88. The number of rotatable bonds is 8. The molecule has 0 aromatic heterocycles. The Hall–Kier alpha value is -3.09. The van der Waals surface area contributed by atoms with E-state index in [9.17, 15) is 19.1 Å². The van der Waals surface area contributed by atoms with E-state index in [1.54, 1.807) is 32.0 Å². The SMILES string of the molecule is COc1ccc(C(C)(C)C(=O)NCC(C(=O)O)c2ccc(F)cc2)cc1OC. The lowest BCUT2D eigenvalue weighted by atomic mass is 9.83. The van der Waals surface area contributed by atoms with Gasteiger partial charge in [0.25, 0.3) is 0 Å². The Morgan fingerprint density at radius 2 is 1.68 bits per heavy atom. The lowest BCUT2D eigenvalue weighted by Gasteiger charge is -2.26. The van der Waals surface area contributed by atoms with Crippen LogP contribution in [0, 0.1) is 5.82 Å². The van der Waals surface area contributed by atoms with Gasteiger partial charge in [-0.25, -0.2) is 4.39 Å². The lowest BCUT2D eigenvalue weighted by molar-refractivity contribution is -0.138. The van der Waals surface area contributed by atoms with E-state index in [-0.39, 0.29) is 12.5 Å². The quantitative estimate of drug-likeness (QED) is 0.725. The van der Waals surface area contributed by atoms with Gasteiger partial charge in [0.2, 0.25) is 5.91 Å². The molecule has 2 aromatic carbocycles. The summed E-state index contributed by atoms with van der Waals surface area (Å²) < 4.78 is 23.6. The number of carboxylic acid groups (broad SMARTS) is 1. The van der Waals surface area contributed by atoms with Crippen LogP contribution in [-0.4, -0.2) is 37.7 Å². The van der Waals surface area contributed by atoms with Gasteiger partial charge in [-0.1, -0.05) is 18.2 Å². The first-order valence-corrected chi connectivity index (χ1v) is 8.69. The van der Waals surface area contributed by atoms with Crippen LogP contribution in [0.2, 0.25) is 0 Å². The third kappa shape index (κ3) is 4.60. The summed E-state index contributed by atoms with van der Waals surface area (Å²) in [6.07, 6.45) is 0. The van der Waals surface area contributed by atoms with Gasteiger partial charge in [0.15, 0.2) is 11.5 Å². The number of benzene rings is 2. The number of hydrogen-bond acceptors (Lipinski definition) is 4. The van der Waals surface area contributed by atoms with Crippen LogP contribution in [0.15, 0.2) is 42.5 Å². The van der Waals surface area contributed by atoms with E-state index < -0.39 is 23.1 Å². The molecule has 0 heterocycles. The molecule has 2 aromatic rings. The van der Waals surface area contributed by atoms with Gasteiger partial charge in [-0.15, -0.1) is 0 Å². The van der Waals surface area contributed by atoms with Crippen molar-refractivity contribution in [1.82, 2.24) is 5.32 Å². The highest BCUT2D eigenvalue weighted by Crippen LogP contribution is 2.33. The summed E-state index contributed by atoms with van der Waals surface area (Å²) >= 11 is 0. The molecule has 0 radical (unpaired) electrons. The standard InChI is InChI=1S/C21H24FNO5/c1-21(2,14-7-10-17(27-3)18(11-14)28-4)20(26)23-12-16(19(24)25)13-5-8-15(22)9-6-13/h5-11,16H,12H2,1-4H3,(H,23,26)(H,24,25). The van der Waals surface area contributed by atoms with Gasteiger partial charge in [-0.05, 0) is 49.2 Å². The van der Waals surface area contributed by atoms with E-state index in [2.05, 4.69) is 5.32 Å². The van der Waals surface area contributed by atoms with Crippen molar-refractivity contribution >= 4 is 11.9 Å². The van der Waals surface area contributed by atoms with Crippen molar-refractivity contribution in [2.24, 2.45) is 0 Å². The Morgan fingerprint density at radius 1 is 1.07 bits per heavy atom. The third-order valence-corrected chi connectivity index (χ3v) is 4.71. The second-order valence-corrected chi connectivity index (χ2v) is 6.85. The number of carbonyl (C=O) groups is 2. The molecule has 0 aliphatic carbocycles. The van der Waals surface area contributed by atoms with Crippen molar-refractivity contribution in [3.8, 4) is 11.5 Å². The molecule has 150 valence electrons. The van der Waals surface area contributed by atoms with Crippen LogP contribution in [0.25, 0.3) is 0 Å². The first-order chi connectivity index (χ1) is 13.2. The summed E-state index contributed by atoms with van der Waals surface area (Å²) in [5, 5.41) is 12.2. The van der Waals surface area contributed by atoms with Crippen LogP contribution in [-0.2, 0) is 15.0 Å². The second kappa shape index (κ2) is 8.73. The van der Waals surface area contributed by atoms with Crippen molar-refractivity contribution in [2.75, 3.05) is 20.8 Å². The van der Waals surface area contributed by atoms with Gasteiger partial charge in [0, 0.05) is 6.54 Å². The number of nitrogens with one attached hydrogen (secondary N) is 1. The summed E-state index contributed by atoms with van der Waals surface area (Å²) in [5.74, 6) is -1.83. The molecule has 0 saturated carbocycles. The van der Waals surface area contributed by atoms with E-state index in [0.29, 0.717) is 22.6 Å². The van der Waals surface area contributed by atoms with Gasteiger partial charge in [0.1, 0.15) is 5.82 Å². The first-order valence-electron chi connectivity index (χ1n) is 8.69. The van der Waals surface area contributed by atoms with Crippen LogP contribution in [0.3, 0.4) is 0 Å². The van der Waals surface area contributed by atoms with Gasteiger partial charge in [-0.2, -0.15) is 0 Å². The maximum absolute atomic E-state index is 13.1. The predicted molar refractivity (Wildman–Crippen MR) is 102 cm³/mol. The zero-order chi connectivity index (χ0) is 20.9. The number of ether oxygens (including phenoxy) is 2. The number of amides is 1. The van der Waals surface area contributed by atoms with Crippen LogP contribution in [0.1, 0.15) is 30.9 Å². The van der Waals surface area contributed by atoms with Crippen LogP contribution in [0.4, 0.5) is 4.39 Å². The van der Waals surface area contributed by atoms with Gasteiger partial charge in [0.05, 0.1) is 25.6 Å². The molecular formula is C21H24FNO5. The summed E-state index contributed by atoms with van der Waals surface area (Å²) in [5.41, 5.74) is 0.167. The number of methoxy groups -OCH3 is 2. The Bertz CT molecular complexity index is 848. The number of aliphatic carboxylic acids is 1. The van der Waals surface area contributed by atoms with Crippen LogP contribution in [0.5, 0.6) is 11.5 Å². The molecule has 1 amide bonds. The monoisotopic (exact) mass is 389 g/mol. The van der Waals surface area contributed by atoms with Gasteiger partial charge in [-0.3, -0.25) is 9.59 Å². The minimum atomic E-state index is -1.10. The first kappa shape index (κ1) is 21.2. The molecule has 0 spiro atoms. The summed E-state index contributed by atoms with van der Waals surface area (Å²) in [4.78, 5) is 24.4. The van der Waals surface area contributed by atoms with Crippen molar-refractivity contribution in [2.45, 2.75) is 25.2 Å². The smallest absolute Gasteiger partial charge is 0.312 e. The maximum Gasteiger partial charge on any atom is 0.312 e. The number of halogens is 1. The summed E-state index contributed by atoms with van der Waals surface area (Å²) in [6.45, 7) is 3.35. The topological polar surface area (TPSA) is 84.9 Å². The molecule has 7 heteroatoms. The normalized spacial score (nSPS) is 12.2. The zero-order valence-electron chi connectivity index (χ0n) is 16.3. The third-order valence-electron chi connectivity index (χ3n) is 4.71. The minimum Gasteiger partial charge on any atom is -0.493 e. The summed E-state index contributed by atoms with van der Waals surface area (Å²) in [7, 11) is 3.03. The fraction of sp³-hybridized carbons (Fsp3) is 0.333. The average Bonchev–Trinajstić information content (AvgIpc) is 2.68. The molecule has 0 aliphatic heterocycles. The molecule has 0 fully saturated rings. The predicted octanol–water partition coefficient (Wildman–Crippen LogP) is 3.11. The van der Waals surface area contributed by atoms with Crippen molar-refractivity contribution < 1.29 is 28.6 Å². The summed E-state index contributed by atoms with van der Waals surface area (Å²) in [6, 6.07) is 10.4. The Kier molecular flexibility index (Phi) is 6.62.